The van der Waals surface area contributed by atoms with Gasteiger partial charge in [0, 0.05) is 62.0 Å². The molecule has 1 saturated heterocycles. The molecular formula is C29H34ClFN6O2S. The Hall–Kier alpha value is -2.63. The fourth-order valence-corrected chi connectivity index (χ4v) is 7.51. The van der Waals surface area contributed by atoms with Crippen LogP contribution >= 0.6 is 22.9 Å². The van der Waals surface area contributed by atoms with Crippen LogP contribution in [0.3, 0.4) is 0 Å². The number of fused-ring (bicyclic) bond motifs is 3. The summed E-state index contributed by atoms with van der Waals surface area (Å²) in [5, 5.41) is 14.6. The van der Waals surface area contributed by atoms with Crippen LogP contribution in [0, 0.1) is 5.82 Å². The third kappa shape index (κ3) is 5.87. The number of halogens is 2. The highest BCUT2D eigenvalue weighted by atomic mass is 35.5. The highest BCUT2D eigenvalue weighted by Crippen LogP contribution is 2.38. The minimum atomic E-state index is -0.468. The van der Waals surface area contributed by atoms with Crippen LogP contribution in [0.4, 0.5) is 15.9 Å². The molecule has 2 fully saturated rings. The van der Waals surface area contributed by atoms with Gasteiger partial charge in [0.15, 0.2) is 0 Å². The van der Waals surface area contributed by atoms with E-state index in [4.69, 9.17) is 11.6 Å². The van der Waals surface area contributed by atoms with Gasteiger partial charge in [-0.05, 0) is 43.0 Å². The quantitative estimate of drug-likeness (QED) is 0.410. The van der Waals surface area contributed by atoms with Crippen molar-refractivity contribution in [3.8, 4) is 0 Å². The maximum absolute atomic E-state index is 13.6. The lowest BCUT2D eigenvalue weighted by Crippen LogP contribution is -2.54. The lowest BCUT2D eigenvalue weighted by Gasteiger charge is -2.42. The second kappa shape index (κ2) is 12.1. The Morgan fingerprint density at radius 2 is 2.00 bits per heavy atom. The summed E-state index contributed by atoms with van der Waals surface area (Å²) in [6.07, 6.45) is 10.1. The number of hydrogen-bond donors (Lipinski definition) is 2. The first kappa shape index (κ1) is 27.5. The average Bonchev–Trinajstić information content (AvgIpc) is 3.34. The number of carbonyl (C=O) groups is 1. The van der Waals surface area contributed by atoms with Gasteiger partial charge >= 0.3 is 0 Å². The fourth-order valence-electron chi connectivity index (χ4n) is 6.12. The van der Waals surface area contributed by atoms with Crippen molar-refractivity contribution in [3.63, 3.8) is 0 Å². The number of nitrogens with one attached hydrogen (secondary N) is 1. The van der Waals surface area contributed by atoms with Crippen LogP contribution in [0.1, 0.15) is 36.1 Å². The Morgan fingerprint density at radius 3 is 2.80 bits per heavy atom. The number of anilines is 2. The molecule has 1 saturated carbocycles. The smallest absolute Gasteiger partial charge is 0.246 e. The first-order chi connectivity index (χ1) is 19.5. The van der Waals surface area contributed by atoms with Crippen molar-refractivity contribution in [2.75, 3.05) is 44.6 Å². The lowest BCUT2D eigenvalue weighted by atomic mass is 9.91. The third-order valence-electron chi connectivity index (χ3n) is 8.32. The van der Waals surface area contributed by atoms with E-state index >= 15 is 0 Å². The topological polar surface area (TPSA) is 84.8 Å². The molecule has 0 bridgehead atoms. The van der Waals surface area contributed by atoms with Gasteiger partial charge in [-0.25, -0.2) is 14.4 Å². The Bertz CT molecular complexity index is 1410. The van der Waals surface area contributed by atoms with Crippen LogP contribution in [0.15, 0.2) is 36.7 Å². The summed E-state index contributed by atoms with van der Waals surface area (Å²) in [5.74, 6) is 0.213. The lowest BCUT2D eigenvalue weighted by molar-refractivity contribution is -0.126. The number of aliphatic hydroxyl groups is 1. The number of aliphatic hydroxyl groups excluding tert-OH is 1. The van der Waals surface area contributed by atoms with Crippen LogP contribution in [-0.4, -0.2) is 87.1 Å². The molecular weight excluding hydrogens is 551 g/mol. The van der Waals surface area contributed by atoms with Gasteiger partial charge in [-0.3, -0.25) is 14.6 Å². The number of amides is 1. The Balaban J connectivity index is 1.05. The molecule has 2 N–H and O–H groups in total. The minimum Gasteiger partial charge on any atom is -0.391 e. The van der Waals surface area contributed by atoms with Gasteiger partial charge in [0.2, 0.25) is 5.91 Å². The molecule has 11 heteroatoms. The number of piperazine rings is 1. The molecule has 4 heterocycles. The van der Waals surface area contributed by atoms with Crippen LogP contribution < -0.4 is 5.32 Å². The number of nitrogens with zero attached hydrogens (tertiary/aromatic N) is 5. The molecule has 212 valence electrons. The predicted octanol–water partition coefficient (Wildman–Crippen LogP) is 4.59. The minimum absolute atomic E-state index is 0.0254. The van der Waals surface area contributed by atoms with Crippen LogP contribution in [0.2, 0.25) is 5.02 Å². The molecule has 0 spiro atoms. The second-order valence-electron chi connectivity index (χ2n) is 10.8. The summed E-state index contributed by atoms with van der Waals surface area (Å²) in [5.41, 5.74) is 1.81. The third-order valence-corrected chi connectivity index (χ3v) is 9.74. The molecule has 0 radical (unpaired) electrons. The fraction of sp³-hybridized carbons (Fsp3) is 0.483. The van der Waals surface area contributed by atoms with Gasteiger partial charge in [-0.1, -0.05) is 30.5 Å². The monoisotopic (exact) mass is 584 g/mol. The van der Waals surface area contributed by atoms with Gasteiger partial charge in [0.05, 0.1) is 23.1 Å². The van der Waals surface area contributed by atoms with Crippen molar-refractivity contribution in [2.45, 2.75) is 50.8 Å². The van der Waals surface area contributed by atoms with Crippen molar-refractivity contribution >= 4 is 50.6 Å². The number of carbonyl (C=O) groups excluding carboxylic acids is 1. The van der Waals surface area contributed by atoms with E-state index in [1.54, 1.807) is 23.5 Å². The molecule has 6 rings (SSSR count). The van der Waals surface area contributed by atoms with Crippen molar-refractivity contribution in [2.24, 2.45) is 0 Å². The molecule has 2 aliphatic heterocycles. The number of benzene rings is 1. The highest BCUT2D eigenvalue weighted by Gasteiger charge is 2.31. The van der Waals surface area contributed by atoms with E-state index in [9.17, 15) is 14.3 Å². The van der Waals surface area contributed by atoms with E-state index in [0.717, 1.165) is 79.1 Å². The summed E-state index contributed by atoms with van der Waals surface area (Å²) in [7, 11) is 0. The summed E-state index contributed by atoms with van der Waals surface area (Å²) < 4.78 is 13.6. The Labute approximate surface area is 242 Å². The van der Waals surface area contributed by atoms with Gasteiger partial charge in [0.1, 0.15) is 22.8 Å². The van der Waals surface area contributed by atoms with Gasteiger partial charge in [0.25, 0.3) is 0 Å². The zero-order valence-electron chi connectivity index (χ0n) is 22.4. The average molecular weight is 585 g/mol. The Kier molecular flexibility index (Phi) is 8.32. The molecule has 0 unspecified atom stereocenters. The molecule has 40 heavy (non-hydrogen) atoms. The summed E-state index contributed by atoms with van der Waals surface area (Å²) >= 11 is 7.54. The summed E-state index contributed by atoms with van der Waals surface area (Å²) in [6.45, 7) is 5.78. The van der Waals surface area contributed by atoms with Crippen LogP contribution in [0.5, 0.6) is 0 Å². The van der Waals surface area contributed by atoms with Crippen molar-refractivity contribution in [1.82, 2.24) is 24.7 Å². The van der Waals surface area contributed by atoms with Crippen LogP contribution in [-0.2, 0) is 17.8 Å². The van der Waals surface area contributed by atoms with Gasteiger partial charge < -0.3 is 15.3 Å². The van der Waals surface area contributed by atoms with E-state index in [0.29, 0.717) is 30.6 Å². The molecule has 8 nitrogen and oxygen atoms in total. The standard InChI is InChI=1S/C29H34ClFN6O2S/c30-21-16-19(7-8-22(21)31)34-28-27-20-9-11-37(17-25(20)40-29(27)33-18-32-28)26(39)6-3-10-35-12-14-36(15-13-35)23-4-1-2-5-24(23)38/h3,6-8,16,18,23-24,38H,1-2,4-5,9-15,17H2,(H,32,33,34)/t23-,24-/m1/s1. The zero-order chi connectivity index (χ0) is 27.6. The van der Waals surface area contributed by atoms with E-state index in [1.165, 1.54) is 24.9 Å². The largest absolute Gasteiger partial charge is 0.391 e. The highest BCUT2D eigenvalue weighted by molar-refractivity contribution is 7.19. The number of hydrogen-bond acceptors (Lipinski definition) is 8. The zero-order valence-corrected chi connectivity index (χ0v) is 23.9. The normalized spacial score (nSPS) is 22.6. The van der Waals surface area contributed by atoms with Gasteiger partial charge in [-0.15, -0.1) is 11.3 Å². The molecule has 1 aliphatic carbocycles. The maximum Gasteiger partial charge on any atom is 0.246 e. The van der Waals surface area contributed by atoms with Crippen LogP contribution in [0.25, 0.3) is 10.2 Å². The maximum atomic E-state index is 13.6. The molecule has 2 aromatic heterocycles. The SMILES string of the molecule is O=C(C=CCN1CCN([C@@H]2CCCC[C@H]2O)CC1)N1CCc2c(sc3ncnc(Nc4ccc(F)c(Cl)c4)c23)C1. The Morgan fingerprint density at radius 1 is 1.18 bits per heavy atom. The second-order valence-corrected chi connectivity index (χ2v) is 12.3. The molecule has 2 atom stereocenters. The van der Waals surface area contributed by atoms with E-state index in [1.807, 2.05) is 11.0 Å². The molecule has 3 aromatic rings. The summed E-state index contributed by atoms with van der Waals surface area (Å²) in [6, 6.07) is 4.80. The van der Waals surface area contributed by atoms with Crippen molar-refractivity contribution < 1.29 is 14.3 Å². The molecule has 1 aromatic carbocycles. The molecule has 1 amide bonds. The predicted molar refractivity (Wildman–Crippen MR) is 157 cm³/mol. The molecule has 3 aliphatic rings. The number of aromatic nitrogens is 2. The van der Waals surface area contributed by atoms with E-state index < -0.39 is 5.82 Å². The number of thiophene rings is 1. The number of rotatable bonds is 6. The first-order valence-electron chi connectivity index (χ1n) is 14.0. The first-order valence-corrected chi connectivity index (χ1v) is 15.2. The van der Waals surface area contributed by atoms with Gasteiger partial charge in [-0.2, -0.15) is 0 Å². The van der Waals surface area contributed by atoms with Crippen molar-refractivity contribution in [1.29, 1.82) is 0 Å². The van der Waals surface area contributed by atoms with E-state index in [-0.39, 0.29) is 17.0 Å². The van der Waals surface area contributed by atoms with E-state index in [2.05, 4.69) is 25.1 Å². The van der Waals surface area contributed by atoms with Crippen molar-refractivity contribution in [3.05, 3.63) is 58.0 Å². The summed E-state index contributed by atoms with van der Waals surface area (Å²) in [4.78, 5) is 30.6.